The number of nitrogens with zero attached hydrogens (tertiary/aromatic N) is 2. The van der Waals surface area contributed by atoms with Gasteiger partial charge in [-0.1, -0.05) is 19.0 Å². The van der Waals surface area contributed by atoms with E-state index >= 15 is 0 Å². The van der Waals surface area contributed by atoms with E-state index in [4.69, 9.17) is 10.3 Å². The Balaban J connectivity index is 2.19. The highest BCUT2D eigenvalue weighted by atomic mass is 16.5. The monoisotopic (exact) mass is 283 g/mol. The minimum absolute atomic E-state index is 0.0267. The molecule has 1 aromatic heterocycles. The summed E-state index contributed by atoms with van der Waals surface area (Å²) in [6.45, 7) is 5.68. The third kappa shape index (κ3) is 5.35. The van der Waals surface area contributed by atoms with Crippen LogP contribution in [0.5, 0.6) is 0 Å². The lowest BCUT2D eigenvalue weighted by Crippen LogP contribution is -2.47. The average molecular weight is 283 g/mol. The van der Waals surface area contributed by atoms with Gasteiger partial charge in [-0.25, -0.2) is 0 Å². The highest BCUT2D eigenvalue weighted by Crippen LogP contribution is 1.97. The summed E-state index contributed by atoms with van der Waals surface area (Å²) >= 11 is 0. The molecule has 0 aliphatic rings. The number of hydrogen-bond donors (Lipinski definition) is 3. The van der Waals surface area contributed by atoms with E-state index in [-0.39, 0.29) is 24.3 Å². The topological polar surface area (TPSA) is 123 Å². The van der Waals surface area contributed by atoms with Crippen molar-refractivity contribution in [2.75, 3.05) is 13.1 Å². The molecule has 8 heteroatoms. The number of nitrogens with two attached hydrogens (primary N) is 1. The molecule has 1 heterocycles. The summed E-state index contributed by atoms with van der Waals surface area (Å²) in [6, 6.07) is -0.607. The molecule has 0 spiro atoms. The molecule has 1 aromatic rings. The lowest BCUT2D eigenvalue weighted by Gasteiger charge is -2.14. The molecule has 20 heavy (non-hydrogen) atoms. The van der Waals surface area contributed by atoms with Gasteiger partial charge in [0, 0.05) is 13.0 Å². The normalized spacial score (nSPS) is 12.2. The zero-order valence-corrected chi connectivity index (χ0v) is 12.0. The lowest BCUT2D eigenvalue weighted by atomic mass is 10.1. The van der Waals surface area contributed by atoms with E-state index in [0.29, 0.717) is 24.7 Å². The minimum Gasteiger partial charge on any atom is -0.354 e. The van der Waals surface area contributed by atoms with Crippen LogP contribution in [0.3, 0.4) is 0 Å². The van der Waals surface area contributed by atoms with E-state index in [1.54, 1.807) is 6.92 Å². The SMILES string of the molecule is Cc1noc(CCNC(=O)CNC(=O)[C@@H](N)C(C)C)n1. The standard InChI is InChI=1S/C12H21N5O3/c1-7(2)11(13)12(19)15-6-9(18)14-5-4-10-16-8(3)17-20-10/h7,11H,4-6,13H2,1-3H3,(H,14,18)(H,15,19)/t11-/m0/s1. The van der Waals surface area contributed by atoms with Crippen molar-refractivity contribution < 1.29 is 14.1 Å². The van der Waals surface area contributed by atoms with Gasteiger partial charge < -0.3 is 20.9 Å². The number of amides is 2. The van der Waals surface area contributed by atoms with Crippen molar-refractivity contribution in [2.24, 2.45) is 11.7 Å². The molecule has 0 saturated heterocycles. The molecule has 0 aliphatic heterocycles. The molecule has 4 N–H and O–H groups in total. The lowest BCUT2D eigenvalue weighted by molar-refractivity contribution is -0.127. The quantitative estimate of drug-likeness (QED) is 0.598. The molecular weight excluding hydrogens is 262 g/mol. The minimum atomic E-state index is -0.607. The number of aromatic nitrogens is 2. The molecule has 0 bridgehead atoms. The van der Waals surface area contributed by atoms with Crippen LogP contribution in [-0.4, -0.2) is 41.1 Å². The molecule has 8 nitrogen and oxygen atoms in total. The van der Waals surface area contributed by atoms with Crippen LogP contribution in [0.4, 0.5) is 0 Å². The van der Waals surface area contributed by atoms with Crippen LogP contribution in [0.1, 0.15) is 25.6 Å². The molecule has 0 fully saturated rings. The van der Waals surface area contributed by atoms with Crippen molar-refractivity contribution in [3.63, 3.8) is 0 Å². The van der Waals surface area contributed by atoms with Crippen molar-refractivity contribution in [1.29, 1.82) is 0 Å². The van der Waals surface area contributed by atoms with Crippen LogP contribution in [0.15, 0.2) is 4.52 Å². The van der Waals surface area contributed by atoms with Crippen LogP contribution in [0, 0.1) is 12.8 Å². The fraction of sp³-hybridized carbons (Fsp3) is 0.667. The Morgan fingerprint density at radius 2 is 2.05 bits per heavy atom. The summed E-state index contributed by atoms with van der Waals surface area (Å²) in [5.74, 6) is 0.432. The van der Waals surface area contributed by atoms with Gasteiger partial charge in [-0.15, -0.1) is 0 Å². The first-order valence-electron chi connectivity index (χ1n) is 6.49. The third-order valence-electron chi connectivity index (χ3n) is 2.67. The number of hydrogen-bond acceptors (Lipinski definition) is 6. The zero-order valence-electron chi connectivity index (χ0n) is 12.0. The van der Waals surface area contributed by atoms with Gasteiger partial charge in [-0.2, -0.15) is 4.98 Å². The zero-order chi connectivity index (χ0) is 15.1. The van der Waals surface area contributed by atoms with Crippen molar-refractivity contribution in [3.8, 4) is 0 Å². The Kier molecular flexibility index (Phi) is 6.10. The fourth-order valence-electron chi connectivity index (χ4n) is 1.40. The molecule has 1 atom stereocenters. The van der Waals surface area contributed by atoms with Gasteiger partial charge in [0.25, 0.3) is 0 Å². The average Bonchev–Trinajstić information content (AvgIpc) is 2.80. The fourth-order valence-corrected chi connectivity index (χ4v) is 1.40. The summed E-state index contributed by atoms with van der Waals surface area (Å²) in [7, 11) is 0. The molecule has 0 radical (unpaired) electrons. The Morgan fingerprint density at radius 1 is 1.35 bits per heavy atom. The van der Waals surface area contributed by atoms with Crippen molar-refractivity contribution in [2.45, 2.75) is 33.2 Å². The second-order valence-electron chi connectivity index (χ2n) is 4.82. The Labute approximate surface area is 117 Å². The molecule has 0 aromatic carbocycles. The molecule has 0 saturated carbocycles. The first kappa shape index (κ1) is 16.1. The van der Waals surface area contributed by atoms with Gasteiger partial charge >= 0.3 is 0 Å². The third-order valence-corrected chi connectivity index (χ3v) is 2.67. The number of rotatable bonds is 7. The summed E-state index contributed by atoms with van der Waals surface area (Å²) in [5, 5.41) is 8.77. The van der Waals surface area contributed by atoms with Gasteiger partial charge in [0.15, 0.2) is 5.82 Å². The van der Waals surface area contributed by atoms with Crippen LogP contribution in [0.2, 0.25) is 0 Å². The largest absolute Gasteiger partial charge is 0.354 e. The van der Waals surface area contributed by atoms with E-state index in [2.05, 4.69) is 20.8 Å². The molecule has 2 amide bonds. The number of carbonyl (C=O) groups excluding carboxylic acids is 2. The Morgan fingerprint density at radius 3 is 2.60 bits per heavy atom. The van der Waals surface area contributed by atoms with Crippen molar-refractivity contribution in [3.05, 3.63) is 11.7 Å². The molecule has 112 valence electrons. The van der Waals surface area contributed by atoms with E-state index in [9.17, 15) is 9.59 Å². The highest BCUT2D eigenvalue weighted by molar-refractivity contribution is 5.87. The van der Waals surface area contributed by atoms with Gasteiger partial charge in [0.2, 0.25) is 17.7 Å². The maximum atomic E-state index is 11.5. The van der Waals surface area contributed by atoms with Crippen LogP contribution < -0.4 is 16.4 Å². The first-order valence-corrected chi connectivity index (χ1v) is 6.49. The summed E-state index contributed by atoms with van der Waals surface area (Å²) in [5.41, 5.74) is 5.65. The predicted molar refractivity (Wildman–Crippen MR) is 71.6 cm³/mol. The van der Waals surface area contributed by atoms with Crippen molar-refractivity contribution in [1.82, 2.24) is 20.8 Å². The number of aryl methyl sites for hydroxylation is 1. The number of nitrogens with one attached hydrogen (secondary N) is 2. The van der Waals surface area contributed by atoms with Gasteiger partial charge in [-0.05, 0) is 12.8 Å². The first-order chi connectivity index (χ1) is 9.40. The van der Waals surface area contributed by atoms with Crippen LogP contribution in [0.25, 0.3) is 0 Å². The Bertz CT molecular complexity index is 458. The Hall–Kier alpha value is -1.96. The van der Waals surface area contributed by atoms with E-state index in [1.807, 2.05) is 13.8 Å². The van der Waals surface area contributed by atoms with Gasteiger partial charge in [0.05, 0.1) is 12.6 Å². The molecular formula is C12H21N5O3. The van der Waals surface area contributed by atoms with E-state index < -0.39 is 6.04 Å². The summed E-state index contributed by atoms with van der Waals surface area (Å²) in [4.78, 5) is 27.0. The molecule has 0 aliphatic carbocycles. The summed E-state index contributed by atoms with van der Waals surface area (Å²) in [6.07, 6.45) is 0.450. The highest BCUT2D eigenvalue weighted by Gasteiger charge is 2.17. The van der Waals surface area contributed by atoms with E-state index in [1.165, 1.54) is 0 Å². The predicted octanol–water partition coefficient (Wildman–Crippen LogP) is -0.864. The van der Waals surface area contributed by atoms with Gasteiger partial charge in [0.1, 0.15) is 0 Å². The van der Waals surface area contributed by atoms with Gasteiger partial charge in [-0.3, -0.25) is 9.59 Å². The second kappa shape index (κ2) is 7.59. The summed E-state index contributed by atoms with van der Waals surface area (Å²) < 4.78 is 4.90. The maximum Gasteiger partial charge on any atom is 0.239 e. The molecule has 0 unspecified atom stereocenters. The van der Waals surface area contributed by atoms with Crippen LogP contribution >= 0.6 is 0 Å². The van der Waals surface area contributed by atoms with Crippen molar-refractivity contribution >= 4 is 11.8 Å². The number of carbonyl (C=O) groups is 2. The second-order valence-corrected chi connectivity index (χ2v) is 4.82. The maximum absolute atomic E-state index is 11.5. The smallest absolute Gasteiger partial charge is 0.239 e. The molecule has 1 rings (SSSR count). The van der Waals surface area contributed by atoms with E-state index in [0.717, 1.165) is 0 Å². The van der Waals surface area contributed by atoms with Crippen LogP contribution in [-0.2, 0) is 16.0 Å².